The van der Waals surface area contributed by atoms with Gasteiger partial charge >= 0.3 is 0 Å². The SMILES string of the molecule is CC[C@H]1CCC[C@@]23C[C@@H]4C[C@]4(C[C@@H](c4ccccc4)[C@H]12)O3. The van der Waals surface area contributed by atoms with Crippen LogP contribution in [-0.4, -0.2) is 11.2 Å². The maximum absolute atomic E-state index is 6.83. The average Bonchev–Trinajstić information content (AvgIpc) is 3.09. The molecule has 2 aliphatic carbocycles. The van der Waals surface area contributed by atoms with Crippen molar-refractivity contribution in [3.05, 3.63) is 35.9 Å². The lowest BCUT2D eigenvalue weighted by atomic mass is 9.59. The number of hydrogen-bond donors (Lipinski definition) is 0. The molecule has 1 nitrogen and oxygen atoms in total. The van der Waals surface area contributed by atoms with Gasteiger partial charge in [-0.3, -0.25) is 0 Å². The Morgan fingerprint density at radius 2 is 1.90 bits per heavy atom. The third-order valence-corrected chi connectivity index (χ3v) is 7.22. The second-order valence-electron chi connectivity index (χ2n) is 8.14. The first-order valence-corrected chi connectivity index (χ1v) is 9.01. The lowest BCUT2D eigenvalue weighted by Crippen LogP contribution is -2.53. The molecule has 0 aromatic heterocycles. The predicted octanol–water partition coefficient (Wildman–Crippen LogP) is 4.92. The van der Waals surface area contributed by atoms with Crippen LogP contribution in [0.1, 0.15) is 63.4 Å². The van der Waals surface area contributed by atoms with Gasteiger partial charge < -0.3 is 4.74 Å². The fourth-order valence-corrected chi connectivity index (χ4v) is 6.37. The summed E-state index contributed by atoms with van der Waals surface area (Å²) in [6, 6.07) is 11.4. The van der Waals surface area contributed by atoms with Crippen molar-refractivity contribution >= 4 is 0 Å². The highest BCUT2D eigenvalue weighted by Crippen LogP contribution is 2.73. The molecule has 1 heteroatoms. The van der Waals surface area contributed by atoms with Crippen LogP contribution in [-0.2, 0) is 4.74 Å². The van der Waals surface area contributed by atoms with Crippen molar-refractivity contribution in [2.75, 3.05) is 0 Å². The second kappa shape index (κ2) is 4.13. The Kier molecular flexibility index (Phi) is 2.50. The Labute approximate surface area is 128 Å². The molecule has 21 heavy (non-hydrogen) atoms. The summed E-state index contributed by atoms with van der Waals surface area (Å²) < 4.78 is 6.83. The van der Waals surface area contributed by atoms with E-state index >= 15 is 0 Å². The first-order chi connectivity index (χ1) is 10.3. The minimum absolute atomic E-state index is 0.251. The molecule has 4 fully saturated rings. The van der Waals surface area contributed by atoms with E-state index in [0.29, 0.717) is 5.60 Å². The summed E-state index contributed by atoms with van der Waals surface area (Å²) in [5, 5.41) is 0. The van der Waals surface area contributed by atoms with Crippen LogP contribution in [0.25, 0.3) is 0 Å². The highest BCUT2D eigenvalue weighted by atomic mass is 16.5. The van der Waals surface area contributed by atoms with Crippen molar-refractivity contribution in [3.63, 3.8) is 0 Å². The standard InChI is InChI=1S/C20H26O/c1-2-14-9-6-10-19-11-16-12-20(16,21-19)13-17(18(14)19)15-7-4-3-5-8-15/h3-5,7-8,14,16-18H,2,6,9-13H2,1H3/t14-,16+,17-,18-,19+,20+/m0/s1. The minimum Gasteiger partial charge on any atom is -0.368 e. The number of benzene rings is 1. The van der Waals surface area contributed by atoms with Crippen LogP contribution in [0.3, 0.4) is 0 Å². The van der Waals surface area contributed by atoms with Crippen molar-refractivity contribution in [3.8, 4) is 0 Å². The summed E-state index contributed by atoms with van der Waals surface area (Å²) in [5.41, 5.74) is 2.13. The molecular formula is C20H26O. The molecule has 1 aromatic rings. The summed E-state index contributed by atoms with van der Waals surface area (Å²) >= 11 is 0. The lowest BCUT2D eigenvalue weighted by Gasteiger charge is -2.54. The average molecular weight is 282 g/mol. The predicted molar refractivity (Wildman–Crippen MR) is 84.2 cm³/mol. The van der Waals surface area contributed by atoms with Gasteiger partial charge in [0.1, 0.15) is 0 Å². The van der Waals surface area contributed by atoms with Crippen molar-refractivity contribution in [1.29, 1.82) is 0 Å². The molecule has 1 aromatic carbocycles. The minimum atomic E-state index is 0.251. The van der Waals surface area contributed by atoms with Crippen LogP contribution in [0.2, 0.25) is 0 Å². The van der Waals surface area contributed by atoms with Gasteiger partial charge in [-0.05, 0) is 61.3 Å². The second-order valence-corrected chi connectivity index (χ2v) is 8.14. The van der Waals surface area contributed by atoms with Crippen molar-refractivity contribution in [1.82, 2.24) is 0 Å². The van der Waals surface area contributed by atoms with Crippen LogP contribution < -0.4 is 0 Å². The van der Waals surface area contributed by atoms with Crippen molar-refractivity contribution < 1.29 is 4.74 Å². The van der Waals surface area contributed by atoms with Gasteiger partial charge in [-0.2, -0.15) is 0 Å². The van der Waals surface area contributed by atoms with Crippen molar-refractivity contribution in [2.45, 2.75) is 69.0 Å². The van der Waals surface area contributed by atoms with Crippen LogP contribution in [0.4, 0.5) is 0 Å². The molecule has 0 radical (unpaired) electrons. The molecule has 6 atom stereocenters. The summed E-state index contributed by atoms with van der Waals surface area (Å²) in [6.45, 7) is 2.39. The Bertz CT molecular complexity index is 552. The Morgan fingerprint density at radius 1 is 1.10 bits per heavy atom. The van der Waals surface area contributed by atoms with Gasteiger partial charge in [-0.15, -0.1) is 0 Å². The van der Waals surface area contributed by atoms with Gasteiger partial charge in [-0.1, -0.05) is 50.1 Å². The van der Waals surface area contributed by atoms with Gasteiger partial charge in [0.2, 0.25) is 0 Å². The molecule has 2 spiro atoms. The first-order valence-electron chi connectivity index (χ1n) is 9.01. The van der Waals surface area contributed by atoms with E-state index in [1.807, 2.05) is 0 Å². The fourth-order valence-electron chi connectivity index (χ4n) is 6.37. The molecule has 2 heterocycles. The largest absolute Gasteiger partial charge is 0.368 e. The van der Waals surface area contributed by atoms with E-state index in [1.54, 1.807) is 5.56 Å². The Hall–Kier alpha value is -0.820. The molecule has 4 aliphatic rings. The monoisotopic (exact) mass is 282 g/mol. The molecule has 0 unspecified atom stereocenters. The van der Waals surface area contributed by atoms with Gasteiger partial charge in [0, 0.05) is 0 Å². The van der Waals surface area contributed by atoms with Crippen LogP contribution in [0.5, 0.6) is 0 Å². The third-order valence-electron chi connectivity index (χ3n) is 7.22. The molecular weight excluding hydrogens is 256 g/mol. The summed E-state index contributed by atoms with van der Waals surface area (Å²) in [7, 11) is 0. The Balaban J connectivity index is 1.60. The maximum Gasteiger partial charge on any atom is 0.0730 e. The lowest BCUT2D eigenvalue weighted by molar-refractivity contribution is -0.187. The van der Waals surface area contributed by atoms with Crippen LogP contribution in [0.15, 0.2) is 30.3 Å². The molecule has 112 valence electrons. The zero-order valence-corrected chi connectivity index (χ0v) is 13.1. The van der Waals surface area contributed by atoms with E-state index in [0.717, 1.165) is 23.7 Å². The quantitative estimate of drug-likeness (QED) is 0.748. The number of rotatable bonds is 2. The highest BCUT2D eigenvalue weighted by Gasteiger charge is 2.73. The summed E-state index contributed by atoms with van der Waals surface area (Å²) in [5.74, 6) is 3.29. The van der Waals surface area contributed by atoms with Crippen LogP contribution >= 0.6 is 0 Å². The Morgan fingerprint density at radius 3 is 2.71 bits per heavy atom. The van der Waals surface area contributed by atoms with Gasteiger partial charge in [0.25, 0.3) is 0 Å². The molecule has 2 bridgehead atoms. The van der Waals surface area contributed by atoms with E-state index in [9.17, 15) is 0 Å². The van der Waals surface area contributed by atoms with E-state index in [-0.39, 0.29) is 5.60 Å². The zero-order chi connectivity index (χ0) is 14.1. The maximum atomic E-state index is 6.83. The van der Waals surface area contributed by atoms with E-state index in [1.165, 1.54) is 44.9 Å². The van der Waals surface area contributed by atoms with E-state index < -0.39 is 0 Å². The smallest absolute Gasteiger partial charge is 0.0730 e. The zero-order valence-electron chi connectivity index (χ0n) is 13.1. The summed E-state index contributed by atoms with van der Waals surface area (Å²) in [4.78, 5) is 0. The number of ether oxygens (including phenoxy) is 1. The molecule has 2 aliphatic heterocycles. The fraction of sp³-hybridized carbons (Fsp3) is 0.700. The van der Waals surface area contributed by atoms with E-state index in [4.69, 9.17) is 4.74 Å². The number of hydrogen-bond acceptors (Lipinski definition) is 1. The van der Waals surface area contributed by atoms with Gasteiger partial charge in [0.15, 0.2) is 0 Å². The van der Waals surface area contributed by atoms with Crippen LogP contribution in [0, 0.1) is 17.8 Å². The van der Waals surface area contributed by atoms with Gasteiger partial charge in [0.05, 0.1) is 11.2 Å². The van der Waals surface area contributed by atoms with Gasteiger partial charge in [-0.25, -0.2) is 0 Å². The molecule has 5 rings (SSSR count). The van der Waals surface area contributed by atoms with Crippen molar-refractivity contribution in [2.24, 2.45) is 17.8 Å². The molecule has 0 N–H and O–H groups in total. The summed E-state index contributed by atoms with van der Waals surface area (Å²) in [6.07, 6.45) is 9.49. The molecule has 2 saturated carbocycles. The normalized spacial score (nSPS) is 50.3. The topological polar surface area (TPSA) is 9.23 Å². The third kappa shape index (κ3) is 1.62. The van der Waals surface area contributed by atoms with E-state index in [2.05, 4.69) is 37.3 Å². The first kappa shape index (κ1) is 12.7. The highest BCUT2D eigenvalue weighted by molar-refractivity contribution is 5.31. The molecule has 2 saturated heterocycles. The molecule has 0 amide bonds.